The van der Waals surface area contributed by atoms with Gasteiger partial charge in [0, 0.05) is 16.8 Å². The molecule has 2 N–H and O–H groups in total. The molecule has 0 saturated heterocycles. The van der Waals surface area contributed by atoms with Gasteiger partial charge in [-0.2, -0.15) is 0 Å². The van der Waals surface area contributed by atoms with Gasteiger partial charge in [-0.3, -0.25) is 10.1 Å². The molecule has 2 atom stereocenters. The number of nitrogens with one attached hydrogen (secondary N) is 2. The summed E-state index contributed by atoms with van der Waals surface area (Å²) in [5.41, 5.74) is 1.35. The van der Waals surface area contributed by atoms with E-state index >= 15 is 0 Å². The van der Waals surface area contributed by atoms with Crippen LogP contribution in [0.5, 0.6) is 5.75 Å². The first kappa shape index (κ1) is 20.1. The SMILES string of the molecule is C[C@@H](N[C@H](C)c1ccc(Cl)cc1)C(=O)Nc1ccc(OC(F)(F)F)cc1. The van der Waals surface area contributed by atoms with Crippen LogP contribution in [-0.2, 0) is 4.79 Å². The van der Waals surface area contributed by atoms with E-state index in [1.165, 1.54) is 12.1 Å². The van der Waals surface area contributed by atoms with E-state index in [2.05, 4.69) is 15.4 Å². The summed E-state index contributed by atoms with van der Waals surface area (Å²) < 4.78 is 40.2. The predicted octanol–water partition coefficient (Wildman–Crippen LogP) is 4.92. The third-order valence-electron chi connectivity index (χ3n) is 3.62. The summed E-state index contributed by atoms with van der Waals surface area (Å²) >= 11 is 5.85. The van der Waals surface area contributed by atoms with Crippen LogP contribution < -0.4 is 15.4 Å². The average Bonchev–Trinajstić information content (AvgIpc) is 2.55. The summed E-state index contributed by atoms with van der Waals surface area (Å²) in [6.45, 7) is 3.61. The molecule has 2 rings (SSSR count). The second-order valence-electron chi connectivity index (χ2n) is 5.72. The highest BCUT2D eigenvalue weighted by Crippen LogP contribution is 2.24. The van der Waals surface area contributed by atoms with E-state index in [0.29, 0.717) is 10.7 Å². The molecule has 0 spiro atoms. The molecule has 0 radical (unpaired) electrons. The minimum absolute atomic E-state index is 0.0874. The van der Waals surface area contributed by atoms with Crippen LogP contribution >= 0.6 is 11.6 Å². The number of carbonyl (C=O) groups is 1. The van der Waals surface area contributed by atoms with Gasteiger partial charge >= 0.3 is 6.36 Å². The molecule has 0 heterocycles. The largest absolute Gasteiger partial charge is 0.573 e. The molecule has 0 unspecified atom stereocenters. The molecule has 4 nitrogen and oxygen atoms in total. The highest BCUT2D eigenvalue weighted by Gasteiger charge is 2.31. The first-order chi connectivity index (χ1) is 12.1. The lowest BCUT2D eigenvalue weighted by Crippen LogP contribution is -2.39. The minimum atomic E-state index is -4.75. The van der Waals surface area contributed by atoms with Gasteiger partial charge in [0.25, 0.3) is 0 Å². The second kappa shape index (κ2) is 8.42. The Balaban J connectivity index is 1.91. The number of ether oxygens (including phenoxy) is 1. The molecule has 0 aliphatic carbocycles. The molecular formula is C18H18ClF3N2O2. The van der Waals surface area contributed by atoms with Crippen LogP contribution in [0.15, 0.2) is 48.5 Å². The molecule has 8 heteroatoms. The standard InChI is InChI=1S/C18H18ClF3N2O2/c1-11(13-3-5-14(19)6-4-13)23-12(2)17(25)24-15-7-9-16(10-8-15)26-18(20,21)22/h3-12,23H,1-2H3,(H,24,25)/t11-,12-/m1/s1. The lowest BCUT2D eigenvalue weighted by Gasteiger charge is -2.20. The number of amides is 1. The van der Waals surface area contributed by atoms with Crippen molar-refractivity contribution in [2.75, 3.05) is 5.32 Å². The van der Waals surface area contributed by atoms with Crippen molar-refractivity contribution in [3.63, 3.8) is 0 Å². The fourth-order valence-electron chi connectivity index (χ4n) is 2.29. The molecule has 1 amide bonds. The van der Waals surface area contributed by atoms with Crippen LogP contribution in [-0.4, -0.2) is 18.3 Å². The Morgan fingerprint density at radius 3 is 2.15 bits per heavy atom. The Morgan fingerprint density at radius 2 is 1.62 bits per heavy atom. The normalized spacial score (nSPS) is 13.8. The van der Waals surface area contributed by atoms with Crippen molar-refractivity contribution in [3.8, 4) is 5.75 Å². The molecular weight excluding hydrogens is 369 g/mol. The number of halogens is 4. The van der Waals surface area contributed by atoms with E-state index in [4.69, 9.17) is 11.6 Å². The highest BCUT2D eigenvalue weighted by atomic mass is 35.5. The molecule has 0 saturated carbocycles. The Kier molecular flexibility index (Phi) is 6.50. The van der Waals surface area contributed by atoms with E-state index in [0.717, 1.165) is 17.7 Å². The van der Waals surface area contributed by atoms with Crippen LogP contribution in [0.25, 0.3) is 0 Å². The Morgan fingerprint density at radius 1 is 1.04 bits per heavy atom. The van der Waals surface area contributed by atoms with Crippen LogP contribution in [0.2, 0.25) is 5.02 Å². The van der Waals surface area contributed by atoms with Crippen molar-refractivity contribution in [3.05, 3.63) is 59.1 Å². The van der Waals surface area contributed by atoms with Crippen molar-refractivity contribution < 1.29 is 22.7 Å². The van der Waals surface area contributed by atoms with Gasteiger partial charge in [0.05, 0.1) is 6.04 Å². The first-order valence-electron chi connectivity index (χ1n) is 7.82. The maximum Gasteiger partial charge on any atom is 0.573 e. The van der Waals surface area contributed by atoms with Gasteiger partial charge in [-0.05, 0) is 55.8 Å². The van der Waals surface area contributed by atoms with Gasteiger partial charge in [-0.25, -0.2) is 0 Å². The summed E-state index contributed by atoms with van der Waals surface area (Å²) in [6.07, 6.45) is -4.75. The number of benzene rings is 2. The fourth-order valence-corrected chi connectivity index (χ4v) is 2.41. The zero-order chi connectivity index (χ0) is 19.3. The lowest BCUT2D eigenvalue weighted by atomic mass is 10.1. The molecule has 2 aromatic carbocycles. The third kappa shape index (κ3) is 6.24. The number of anilines is 1. The van der Waals surface area contributed by atoms with Crippen molar-refractivity contribution in [1.82, 2.24) is 5.32 Å². The zero-order valence-electron chi connectivity index (χ0n) is 14.1. The Labute approximate surface area is 154 Å². The van der Waals surface area contributed by atoms with Crippen LogP contribution in [0.3, 0.4) is 0 Å². The minimum Gasteiger partial charge on any atom is -0.406 e. The maximum absolute atomic E-state index is 12.2. The van der Waals surface area contributed by atoms with E-state index < -0.39 is 12.4 Å². The lowest BCUT2D eigenvalue weighted by molar-refractivity contribution is -0.274. The number of alkyl halides is 3. The van der Waals surface area contributed by atoms with Crippen molar-refractivity contribution in [2.24, 2.45) is 0 Å². The molecule has 26 heavy (non-hydrogen) atoms. The van der Waals surface area contributed by atoms with Gasteiger partial charge in [0.1, 0.15) is 5.75 Å². The van der Waals surface area contributed by atoms with Crippen LogP contribution in [0, 0.1) is 0 Å². The summed E-state index contributed by atoms with van der Waals surface area (Å²) in [4.78, 5) is 12.2. The van der Waals surface area contributed by atoms with Gasteiger partial charge in [0.15, 0.2) is 0 Å². The summed E-state index contributed by atoms with van der Waals surface area (Å²) in [5.74, 6) is -0.659. The van der Waals surface area contributed by atoms with E-state index in [1.807, 2.05) is 19.1 Å². The predicted molar refractivity (Wildman–Crippen MR) is 94.2 cm³/mol. The van der Waals surface area contributed by atoms with Crippen molar-refractivity contribution >= 4 is 23.2 Å². The van der Waals surface area contributed by atoms with Crippen LogP contribution in [0.4, 0.5) is 18.9 Å². The van der Waals surface area contributed by atoms with E-state index in [9.17, 15) is 18.0 Å². The molecule has 140 valence electrons. The highest BCUT2D eigenvalue weighted by molar-refractivity contribution is 6.30. The Hall–Kier alpha value is -2.25. The molecule has 0 aliphatic heterocycles. The van der Waals surface area contributed by atoms with E-state index in [-0.39, 0.29) is 17.7 Å². The zero-order valence-corrected chi connectivity index (χ0v) is 14.9. The smallest absolute Gasteiger partial charge is 0.406 e. The topological polar surface area (TPSA) is 50.4 Å². The summed E-state index contributed by atoms with van der Waals surface area (Å²) in [7, 11) is 0. The summed E-state index contributed by atoms with van der Waals surface area (Å²) in [5, 5.41) is 6.42. The molecule has 0 aliphatic rings. The maximum atomic E-state index is 12.2. The van der Waals surface area contributed by atoms with Gasteiger partial charge in [-0.1, -0.05) is 23.7 Å². The number of carbonyl (C=O) groups excluding carboxylic acids is 1. The number of hydrogen-bond donors (Lipinski definition) is 2. The first-order valence-corrected chi connectivity index (χ1v) is 8.20. The van der Waals surface area contributed by atoms with Gasteiger partial charge < -0.3 is 10.1 Å². The molecule has 0 aromatic heterocycles. The second-order valence-corrected chi connectivity index (χ2v) is 6.16. The Bertz CT molecular complexity index is 734. The molecule has 0 bridgehead atoms. The molecule has 2 aromatic rings. The quantitative estimate of drug-likeness (QED) is 0.741. The number of hydrogen-bond acceptors (Lipinski definition) is 3. The number of rotatable bonds is 6. The van der Waals surface area contributed by atoms with E-state index in [1.54, 1.807) is 19.1 Å². The molecule has 0 fully saturated rings. The van der Waals surface area contributed by atoms with Gasteiger partial charge in [0.2, 0.25) is 5.91 Å². The van der Waals surface area contributed by atoms with Crippen LogP contribution in [0.1, 0.15) is 25.5 Å². The van der Waals surface area contributed by atoms with Crippen molar-refractivity contribution in [2.45, 2.75) is 32.3 Å². The van der Waals surface area contributed by atoms with Crippen molar-refractivity contribution in [1.29, 1.82) is 0 Å². The summed E-state index contributed by atoms with van der Waals surface area (Å²) in [6, 6.07) is 11.6. The average molecular weight is 387 g/mol. The fraction of sp³-hybridized carbons (Fsp3) is 0.278. The third-order valence-corrected chi connectivity index (χ3v) is 3.87. The monoisotopic (exact) mass is 386 g/mol. The van der Waals surface area contributed by atoms with Gasteiger partial charge in [-0.15, -0.1) is 13.2 Å².